The Morgan fingerprint density at radius 3 is 2.81 bits per heavy atom. The molecular formula is C9H5Cl2N5. The van der Waals surface area contributed by atoms with Crippen LogP contribution in [0, 0.1) is 0 Å². The van der Waals surface area contributed by atoms with Gasteiger partial charge in [0.15, 0.2) is 16.0 Å². The summed E-state index contributed by atoms with van der Waals surface area (Å²) in [5, 5.41) is 7.30. The van der Waals surface area contributed by atoms with Crippen LogP contribution in [0.3, 0.4) is 0 Å². The number of imidazole rings is 1. The fourth-order valence-corrected chi connectivity index (χ4v) is 1.94. The summed E-state index contributed by atoms with van der Waals surface area (Å²) in [5.74, 6) is 0. The van der Waals surface area contributed by atoms with Crippen LogP contribution in [0.15, 0.2) is 24.8 Å². The van der Waals surface area contributed by atoms with Crippen LogP contribution in [-0.2, 0) is 0 Å². The standard InChI is InChI=1S/C9H5Cl2N5/c10-7-5(3-14-15-7)6-4-13-9-8(11)12-1-2-16(6)9/h1-4H,(H,14,15). The van der Waals surface area contributed by atoms with Gasteiger partial charge in [-0.1, -0.05) is 23.2 Å². The van der Waals surface area contributed by atoms with Crippen molar-refractivity contribution in [1.29, 1.82) is 0 Å². The van der Waals surface area contributed by atoms with E-state index in [4.69, 9.17) is 23.2 Å². The highest BCUT2D eigenvalue weighted by Crippen LogP contribution is 2.27. The number of nitrogens with zero attached hydrogens (tertiary/aromatic N) is 4. The lowest BCUT2D eigenvalue weighted by molar-refractivity contribution is 1.09. The Hall–Kier alpha value is -1.59. The SMILES string of the molecule is Clc1n[nH]cc1-c1cnc2c(Cl)nccn12. The number of rotatable bonds is 1. The molecule has 0 bridgehead atoms. The average molecular weight is 254 g/mol. The maximum Gasteiger partial charge on any atom is 0.175 e. The van der Waals surface area contributed by atoms with Crippen LogP contribution in [0.4, 0.5) is 0 Å². The van der Waals surface area contributed by atoms with Gasteiger partial charge in [0.25, 0.3) is 0 Å². The number of hydrogen-bond donors (Lipinski definition) is 1. The maximum absolute atomic E-state index is 5.94. The summed E-state index contributed by atoms with van der Waals surface area (Å²) in [6.07, 6.45) is 6.77. The molecule has 3 heterocycles. The summed E-state index contributed by atoms with van der Waals surface area (Å²) >= 11 is 11.9. The monoisotopic (exact) mass is 253 g/mol. The van der Waals surface area contributed by atoms with Gasteiger partial charge in [0.2, 0.25) is 0 Å². The fraction of sp³-hybridized carbons (Fsp3) is 0. The average Bonchev–Trinajstić information content (AvgIpc) is 2.84. The number of fused-ring (bicyclic) bond motifs is 1. The minimum atomic E-state index is 0.355. The Bertz CT molecular complexity index is 657. The molecular weight excluding hydrogens is 249 g/mol. The van der Waals surface area contributed by atoms with Gasteiger partial charge in [-0.25, -0.2) is 9.97 Å². The van der Waals surface area contributed by atoms with Crippen molar-refractivity contribution in [3.63, 3.8) is 0 Å². The van der Waals surface area contributed by atoms with E-state index in [1.165, 1.54) is 0 Å². The summed E-state index contributed by atoms with van der Waals surface area (Å²) in [4.78, 5) is 8.13. The third-order valence-electron chi connectivity index (χ3n) is 2.25. The second-order valence-electron chi connectivity index (χ2n) is 3.14. The number of halogens is 2. The van der Waals surface area contributed by atoms with Crippen LogP contribution < -0.4 is 0 Å². The number of aromatic amines is 1. The molecule has 0 unspecified atom stereocenters. The second-order valence-corrected chi connectivity index (χ2v) is 3.86. The van der Waals surface area contributed by atoms with Crippen molar-refractivity contribution in [1.82, 2.24) is 24.6 Å². The van der Waals surface area contributed by atoms with Crippen LogP contribution in [0.2, 0.25) is 10.3 Å². The minimum Gasteiger partial charge on any atom is -0.295 e. The first kappa shape index (κ1) is 9.62. The molecule has 3 aromatic heterocycles. The fourth-order valence-electron chi connectivity index (χ4n) is 1.54. The predicted octanol–water partition coefficient (Wildman–Crippen LogP) is 2.43. The molecule has 7 heteroatoms. The molecule has 0 fully saturated rings. The van der Waals surface area contributed by atoms with Gasteiger partial charge >= 0.3 is 0 Å². The zero-order valence-corrected chi connectivity index (χ0v) is 9.37. The molecule has 16 heavy (non-hydrogen) atoms. The van der Waals surface area contributed by atoms with E-state index in [0.717, 1.165) is 11.3 Å². The lowest BCUT2D eigenvalue weighted by Crippen LogP contribution is -1.89. The summed E-state index contributed by atoms with van der Waals surface area (Å²) in [6.45, 7) is 0. The molecule has 0 aliphatic rings. The first-order chi connectivity index (χ1) is 7.77. The lowest BCUT2D eigenvalue weighted by atomic mass is 10.3. The van der Waals surface area contributed by atoms with Gasteiger partial charge in [-0.05, 0) is 0 Å². The van der Waals surface area contributed by atoms with Crippen molar-refractivity contribution >= 4 is 28.8 Å². The molecule has 0 amide bonds. The summed E-state index contributed by atoms with van der Waals surface area (Å²) in [5.41, 5.74) is 2.19. The zero-order valence-electron chi connectivity index (χ0n) is 7.85. The maximum atomic E-state index is 5.94. The molecule has 1 N–H and O–H groups in total. The van der Waals surface area contributed by atoms with Crippen LogP contribution in [0.25, 0.3) is 16.9 Å². The van der Waals surface area contributed by atoms with Crippen molar-refractivity contribution in [3.8, 4) is 11.3 Å². The van der Waals surface area contributed by atoms with Crippen molar-refractivity contribution in [2.24, 2.45) is 0 Å². The molecule has 5 nitrogen and oxygen atoms in total. The molecule has 0 aliphatic heterocycles. The molecule has 0 atom stereocenters. The molecule has 3 aromatic rings. The molecule has 0 saturated heterocycles. The Balaban J connectivity index is 2.34. The smallest absolute Gasteiger partial charge is 0.175 e. The highest BCUT2D eigenvalue weighted by atomic mass is 35.5. The summed E-state index contributed by atoms with van der Waals surface area (Å²) in [7, 11) is 0. The lowest BCUT2D eigenvalue weighted by Gasteiger charge is -1.99. The van der Waals surface area contributed by atoms with Crippen LogP contribution in [-0.4, -0.2) is 24.6 Å². The molecule has 80 valence electrons. The molecule has 0 aromatic carbocycles. The second kappa shape index (κ2) is 3.47. The Morgan fingerprint density at radius 2 is 2.06 bits per heavy atom. The van der Waals surface area contributed by atoms with E-state index in [-0.39, 0.29) is 0 Å². The van der Waals surface area contributed by atoms with Crippen LogP contribution in [0.5, 0.6) is 0 Å². The number of nitrogens with one attached hydrogen (secondary N) is 1. The molecule has 0 saturated carbocycles. The highest BCUT2D eigenvalue weighted by molar-refractivity contribution is 6.32. The summed E-state index contributed by atoms with van der Waals surface area (Å²) < 4.78 is 1.81. The van der Waals surface area contributed by atoms with Gasteiger partial charge in [-0.15, -0.1) is 0 Å². The predicted molar refractivity (Wildman–Crippen MR) is 60.6 cm³/mol. The molecule has 3 rings (SSSR count). The molecule has 0 radical (unpaired) electrons. The Labute approximate surface area is 100 Å². The first-order valence-corrected chi connectivity index (χ1v) is 5.20. The Kier molecular flexibility index (Phi) is 2.08. The van der Waals surface area contributed by atoms with Crippen molar-refractivity contribution in [2.45, 2.75) is 0 Å². The first-order valence-electron chi connectivity index (χ1n) is 4.44. The van der Waals surface area contributed by atoms with Gasteiger partial charge in [-0.2, -0.15) is 5.10 Å². The van der Waals surface area contributed by atoms with Gasteiger partial charge in [-0.3, -0.25) is 9.50 Å². The van der Waals surface area contributed by atoms with Crippen LogP contribution in [0.1, 0.15) is 0 Å². The third kappa shape index (κ3) is 1.29. The number of hydrogen-bond acceptors (Lipinski definition) is 3. The van der Waals surface area contributed by atoms with Crippen molar-refractivity contribution in [3.05, 3.63) is 35.1 Å². The normalized spacial score (nSPS) is 11.1. The minimum absolute atomic E-state index is 0.355. The van der Waals surface area contributed by atoms with E-state index < -0.39 is 0 Å². The van der Waals surface area contributed by atoms with E-state index in [2.05, 4.69) is 20.2 Å². The van der Waals surface area contributed by atoms with Crippen molar-refractivity contribution < 1.29 is 0 Å². The Morgan fingerprint density at radius 1 is 1.19 bits per heavy atom. The van der Waals surface area contributed by atoms with Crippen LogP contribution >= 0.6 is 23.2 Å². The zero-order chi connectivity index (χ0) is 11.1. The molecule has 0 spiro atoms. The molecule has 0 aliphatic carbocycles. The largest absolute Gasteiger partial charge is 0.295 e. The van der Waals surface area contributed by atoms with E-state index >= 15 is 0 Å². The van der Waals surface area contributed by atoms with E-state index in [0.29, 0.717) is 16.0 Å². The highest BCUT2D eigenvalue weighted by Gasteiger charge is 2.12. The van der Waals surface area contributed by atoms with Gasteiger partial charge in [0.1, 0.15) is 0 Å². The number of aromatic nitrogens is 5. The van der Waals surface area contributed by atoms with E-state index in [9.17, 15) is 0 Å². The third-order valence-corrected chi connectivity index (χ3v) is 2.81. The summed E-state index contributed by atoms with van der Waals surface area (Å²) in [6, 6.07) is 0. The quantitative estimate of drug-likeness (QED) is 0.725. The van der Waals surface area contributed by atoms with Crippen molar-refractivity contribution in [2.75, 3.05) is 0 Å². The van der Waals surface area contributed by atoms with Gasteiger partial charge in [0, 0.05) is 18.6 Å². The van der Waals surface area contributed by atoms with E-state index in [1.54, 1.807) is 24.8 Å². The number of H-pyrrole nitrogens is 1. The topological polar surface area (TPSA) is 58.9 Å². The van der Waals surface area contributed by atoms with E-state index in [1.807, 2.05) is 4.40 Å². The van der Waals surface area contributed by atoms with Gasteiger partial charge in [0.05, 0.1) is 17.5 Å². The van der Waals surface area contributed by atoms with Gasteiger partial charge < -0.3 is 0 Å².